The highest BCUT2D eigenvalue weighted by Crippen LogP contribution is 2.14. The molecule has 2 aromatic heterocycles. The van der Waals surface area contributed by atoms with Gasteiger partial charge in [0, 0.05) is 12.0 Å². The summed E-state index contributed by atoms with van der Waals surface area (Å²) < 4.78 is 6.64. The van der Waals surface area contributed by atoms with Crippen molar-refractivity contribution in [1.82, 2.24) is 30.8 Å². The fourth-order valence-corrected chi connectivity index (χ4v) is 2.57. The number of nitrogens with one attached hydrogen (secondary N) is 2. The van der Waals surface area contributed by atoms with Crippen LogP contribution in [-0.4, -0.2) is 32.0 Å². The fraction of sp³-hybridized carbons (Fsp3) is 0.500. The van der Waals surface area contributed by atoms with Gasteiger partial charge in [-0.25, -0.2) is 4.68 Å². The number of carbonyl (C=O) groups is 2. The van der Waals surface area contributed by atoms with E-state index in [0.717, 1.165) is 22.7 Å². The molecule has 0 spiro atoms. The SMILES string of the molecule is Cc1noc(C)c1CCC(=O)NCc1nnn2c1CNC(=O)C2. The van der Waals surface area contributed by atoms with Gasteiger partial charge in [-0.05, 0) is 20.3 Å². The van der Waals surface area contributed by atoms with Crippen molar-refractivity contribution >= 4 is 11.8 Å². The standard InChI is InChI=1S/C14H18N6O3/c1-8-10(9(2)23-18-8)3-4-13(21)15-5-11-12-6-16-14(22)7-20(12)19-17-11/h3-7H2,1-2H3,(H,15,21)(H,16,22). The highest BCUT2D eigenvalue weighted by atomic mass is 16.5. The summed E-state index contributed by atoms with van der Waals surface area (Å²) in [5, 5.41) is 17.4. The molecule has 23 heavy (non-hydrogen) atoms. The van der Waals surface area contributed by atoms with E-state index in [1.54, 1.807) is 4.68 Å². The Bertz CT molecular complexity index is 728. The lowest BCUT2D eigenvalue weighted by molar-refractivity contribution is -0.123. The second-order valence-electron chi connectivity index (χ2n) is 5.50. The monoisotopic (exact) mass is 318 g/mol. The van der Waals surface area contributed by atoms with Crippen LogP contribution in [0.25, 0.3) is 0 Å². The quantitative estimate of drug-likeness (QED) is 0.786. The van der Waals surface area contributed by atoms with Crippen molar-refractivity contribution in [3.63, 3.8) is 0 Å². The lowest BCUT2D eigenvalue weighted by Gasteiger charge is -2.14. The number of rotatable bonds is 5. The largest absolute Gasteiger partial charge is 0.361 e. The van der Waals surface area contributed by atoms with Crippen LogP contribution in [0.5, 0.6) is 0 Å². The maximum atomic E-state index is 12.0. The summed E-state index contributed by atoms with van der Waals surface area (Å²) in [5.74, 6) is 0.586. The number of aryl methyl sites for hydroxylation is 2. The second kappa shape index (κ2) is 6.19. The highest BCUT2D eigenvalue weighted by Gasteiger charge is 2.20. The number of nitrogens with zero attached hydrogens (tertiary/aromatic N) is 4. The third kappa shape index (κ3) is 3.22. The molecule has 3 rings (SSSR count). The van der Waals surface area contributed by atoms with Gasteiger partial charge in [-0.1, -0.05) is 10.4 Å². The molecule has 0 aromatic carbocycles. The Kier molecular flexibility index (Phi) is 4.09. The van der Waals surface area contributed by atoms with Crippen molar-refractivity contribution in [3.8, 4) is 0 Å². The molecule has 0 radical (unpaired) electrons. The molecule has 0 saturated carbocycles. The lowest BCUT2D eigenvalue weighted by Crippen LogP contribution is -2.35. The van der Waals surface area contributed by atoms with Gasteiger partial charge in [-0.3, -0.25) is 9.59 Å². The predicted molar refractivity (Wildman–Crippen MR) is 78.0 cm³/mol. The van der Waals surface area contributed by atoms with Crippen LogP contribution in [0.1, 0.15) is 34.8 Å². The molecular weight excluding hydrogens is 300 g/mol. The van der Waals surface area contributed by atoms with Crippen LogP contribution < -0.4 is 10.6 Å². The molecule has 9 heteroatoms. The van der Waals surface area contributed by atoms with Crippen molar-refractivity contribution < 1.29 is 14.1 Å². The molecule has 0 saturated heterocycles. The zero-order valence-electron chi connectivity index (χ0n) is 13.0. The van der Waals surface area contributed by atoms with Crippen LogP contribution >= 0.6 is 0 Å². The van der Waals surface area contributed by atoms with Gasteiger partial charge < -0.3 is 15.2 Å². The van der Waals surface area contributed by atoms with Crippen molar-refractivity contribution in [2.24, 2.45) is 0 Å². The first kappa shape index (κ1) is 15.2. The molecular formula is C14H18N6O3. The predicted octanol–water partition coefficient (Wildman–Crippen LogP) is -0.238. The molecule has 2 N–H and O–H groups in total. The zero-order valence-corrected chi connectivity index (χ0v) is 13.0. The minimum Gasteiger partial charge on any atom is -0.361 e. The molecule has 0 aliphatic carbocycles. The Morgan fingerprint density at radius 1 is 1.43 bits per heavy atom. The minimum absolute atomic E-state index is 0.0772. The Balaban J connectivity index is 1.53. The van der Waals surface area contributed by atoms with E-state index in [2.05, 4.69) is 26.1 Å². The molecule has 3 heterocycles. The summed E-state index contributed by atoms with van der Waals surface area (Å²) in [4.78, 5) is 23.3. The van der Waals surface area contributed by atoms with Crippen LogP contribution in [0.3, 0.4) is 0 Å². The first-order valence-corrected chi connectivity index (χ1v) is 7.41. The third-order valence-corrected chi connectivity index (χ3v) is 3.90. The van der Waals surface area contributed by atoms with E-state index >= 15 is 0 Å². The number of hydrogen-bond acceptors (Lipinski definition) is 6. The van der Waals surface area contributed by atoms with E-state index in [0.29, 0.717) is 31.6 Å². The summed E-state index contributed by atoms with van der Waals surface area (Å²) in [7, 11) is 0. The average molecular weight is 318 g/mol. The number of amides is 2. The van der Waals surface area contributed by atoms with Crippen molar-refractivity contribution in [2.45, 2.75) is 46.3 Å². The van der Waals surface area contributed by atoms with Crippen LogP contribution in [0, 0.1) is 13.8 Å². The summed E-state index contributed by atoms with van der Waals surface area (Å²) in [5.41, 5.74) is 3.30. The Morgan fingerprint density at radius 2 is 2.26 bits per heavy atom. The molecule has 2 aromatic rings. The zero-order chi connectivity index (χ0) is 16.4. The average Bonchev–Trinajstić information content (AvgIpc) is 3.06. The van der Waals surface area contributed by atoms with Gasteiger partial charge in [-0.2, -0.15) is 0 Å². The van der Waals surface area contributed by atoms with Gasteiger partial charge in [-0.15, -0.1) is 5.10 Å². The first-order chi connectivity index (χ1) is 11.0. The number of fused-ring (bicyclic) bond motifs is 1. The molecule has 1 aliphatic heterocycles. The minimum atomic E-state index is -0.0857. The van der Waals surface area contributed by atoms with E-state index in [1.165, 1.54) is 0 Å². The van der Waals surface area contributed by atoms with Gasteiger partial charge in [0.1, 0.15) is 18.0 Å². The normalized spacial score (nSPS) is 13.6. The van der Waals surface area contributed by atoms with Gasteiger partial charge in [0.2, 0.25) is 11.8 Å². The second-order valence-corrected chi connectivity index (χ2v) is 5.50. The Morgan fingerprint density at radius 3 is 3.00 bits per heavy atom. The molecule has 122 valence electrons. The smallest absolute Gasteiger partial charge is 0.242 e. The van der Waals surface area contributed by atoms with E-state index in [-0.39, 0.29) is 18.4 Å². The summed E-state index contributed by atoms with van der Waals surface area (Å²) in [6.07, 6.45) is 0.936. The highest BCUT2D eigenvalue weighted by molar-refractivity contribution is 5.77. The van der Waals surface area contributed by atoms with Crippen molar-refractivity contribution in [2.75, 3.05) is 0 Å². The Labute approximate surface area is 132 Å². The van der Waals surface area contributed by atoms with E-state index in [4.69, 9.17) is 4.52 Å². The Hall–Kier alpha value is -2.71. The van der Waals surface area contributed by atoms with Gasteiger partial charge in [0.25, 0.3) is 0 Å². The summed E-state index contributed by atoms with van der Waals surface area (Å²) >= 11 is 0. The summed E-state index contributed by atoms with van der Waals surface area (Å²) in [6, 6.07) is 0. The number of carbonyl (C=O) groups excluding carboxylic acids is 2. The van der Waals surface area contributed by atoms with E-state index in [9.17, 15) is 9.59 Å². The summed E-state index contributed by atoms with van der Waals surface area (Å²) in [6.45, 7) is 4.55. The van der Waals surface area contributed by atoms with Crippen LogP contribution in [0.2, 0.25) is 0 Å². The van der Waals surface area contributed by atoms with Gasteiger partial charge in [0.05, 0.1) is 24.5 Å². The fourth-order valence-electron chi connectivity index (χ4n) is 2.57. The van der Waals surface area contributed by atoms with Crippen LogP contribution in [0.15, 0.2) is 4.52 Å². The molecule has 0 atom stereocenters. The number of hydrogen-bond donors (Lipinski definition) is 2. The molecule has 2 amide bonds. The molecule has 1 aliphatic rings. The topological polar surface area (TPSA) is 115 Å². The molecule has 9 nitrogen and oxygen atoms in total. The molecule has 0 bridgehead atoms. The molecule has 0 unspecified atom stereocenters. The maximum Gasteiger partial charge on any atom is 0.242 e. The van der Waals surface area contributed by atoms with E-state index in [1.807, 2.05) is 13.8 Å². The van der Waals surface area contributed by atoms with E-state index < -0.39 is 0 Å². The van der Waals surface area contributed by atoms with Crippen LogP contribution in [0.4, 0.5) is 0 Å². The lowest BCUT2D eigenvalue weighted by atomic mass is 10.1. The van der Waals surface area contributed by atoms with Crippen molar-refractivity contribution in [1.29, 1.82) is 0 Å². The maximum absolute atomic E-state index is 12.0. The van der Waals surface area contributed by atoms with Crippen molar-refractivity contribution in [3.05, 3.63) is 28.4 Å². The first-order valence-electron chi connectivity index (χ1n) is 7.41. The van der Waals surface area contributed by atoms with Crippen LogP contribution in [-0.2, 0) is 35.6 Å². The van der Waals surface area contributed by atoms with Gasteiger partial charge >= 0.3 is 0 Å². The number of aromatic nitrogens is 4. The third-order valence-electron chi connectivity index (χ3n) is 3.90. The molecule has 0 fully saturated rings. The van der Waals surface area contributed by atoms with Gasteiger partial charge in [0.15, 0.2) is 0 Å².